The lowest BCUT2D eigenvalue weighted by atomic mass is 9.76. The van der Waals surface area contributed by atoms with Crippen LogP contribution in [-0.2, 0) is 20.2 Å². The average molecular weight is 328 g/mol. The second kappa shape index (κ2) is 5.23. The summed E-state index contributed by atoms with van der Waals surface area (Å²) in [6.45, 7) is 8.29. The van der Waals surface area contributed by atoms with Gasteiger partial charge in [0.25, 0.3) is 0 Å². The van der Waals surface area contributed by atoms with Crippen LogP contribution in [-0.4, -0.2) is 31.5 Å². The van der Waals surface area contributed by atoms with E-state index in [1.165, 1.54) is 6.07 Å². The molecular formula is C16H20BF3O3. The number of rotatable bonds is 2. The molecule has 3 nitrogen and oxygen atoms in total. The van der Waals surface area contributed by atoms with Gasteiger partial charge in [-0.1, -0.05) is 18.2 Å². The first-order chi connectivity index (χ1) is 10.5. The lowest BCUT2D eigenvalue weighted by molar-refractivity contribution is -0.139. The lowest BCUT2D eigenvalue weighted by Gasteiger charge is -2.32. The van der Waals surface area contributed by atoms with Crippen molar-refractivity contribution in [1.29, 1.82) is 0 Å². The highest BCUT2D eigenvalue weighted by atomic mass is 19.4. The SMILES string of the molecule is CC1(C)OB(c2ccc(C(F)(F)F)c(C3COC3)c2)OC1(C)C. The number of ether oxygens (including phenoxy) is 1. The van der Waals surface area contributed by atoms with Crippen molar-refractivity contribution >= 4 is 12.6 Å². The Morgan fingerprint density at radius 1 is 1.04 bits per heavy atom. The van der Waals surface area contributed by atoms with Crippen molar-refractivity contribution in [3.05, 3.63) is 29.3 Å². The monoisotopic (exact) mass is 328 g/mol. The number of halogens is 3. The minimum atomic E-state index is -4.38. The van der Waals surface area contributed by atoms with Crippen LogP contribution >= 0.6 is 0 Å². The third kappa shape index (κ3) is 2.90. The fourth-order valence-electron chi connectivity index (χ4n) is 2.72. The molecule has 2 aliphatic heterocycles. The van der Waals surface area contributed by atoms with Crippen LogP contribution in [0.2, 0.25) is 0 Å². The molecule has 0 aliphatic carbocycles. The third-order valence-electron chi connectivity index (χ3n) is 4.98. The van der Waals surface area contributed by atoms with Gasteiger partial charge in [0.2, 0.25) is 0 Å². The molecular weight excluding hydrogens is 308 g/mol. The van der Waals surface area contributed by atoms with Crippen LogP contribution in [0.15, 0.2) is 18.2 Å². The van der Waals surface area contributed by atoms with Gasteiger partial charge >= 0.3 is 13.3 Å². The quantitative estimate of drug-likeness (QED) is 0.781. The Labute approximate surface area is 134 Å². The van der Waals surface area contributed by atoms with Gasteiger partial charge in [-0.25, -0.2) is 0 Å². The highest BCUT2D eigenvalue weighted by Gasteiger charge is 2.52. The minimum absolute atomic E-state index is 0.228. The zero-order valence-corrected chi connectivity index (χ0v) is 13.7. The van der Waals surface area contributed by atoms with Gasteiger partial charge in [-0.3, -0.25) is 0 Å². The lowest BCUT2D eigenvalue weighted by Crippen LogP contribution is -2.41. The summed E-state index contributed by atoms with van der Waals surface area (Å²) in [6, 6.07) is 4.11. The Bertz CT molecular complexity index is 593. The first-order valence-electron chi connectivity index (χ1n) is 7.66. The Morgan fingerprint density at radius 2 is 1.61 bits per heavy atom. The maximum atomic E-state index is 13.2. The van der Waals surface area contributed by atoms with Crippen molar-refractivity contribution in [3.8, 4) is 0 Å². The molecule has 0 atom stereocenters. The molecule has 2 heterocycles. The van der Waals surface area contributed by atoms with E-state index in [1.807, 2.05) is 27.7 Å². The fourth-order valence-corrected chi connectivity index (χ4v) is 2.72. The fraction of sp³-hybridized carbons (Fsp3) is 0.625. The summed E-state index contributed by atoms with van der Waals surface area (Å²) in [5.41, 5.74) is -0.791. The molecule has 0 saturated carbocycles. The summed E-state index contributed by atoms with van der Waals surface area (Å²) in [5.74, 6) is -0.228. The molecule has 0 amide bonds. The summed E-state index contributed by atoms with van der Waals surface area (Å²) in [6.07, 6.45) is -4.38. The molecule has 23 heavy (non-hydrogen) atoms. The van der Waals surface area contributed by atoms with E-state index in [0.717, 1.165) is 6.07 Å². The predicted octanol–water partition coefficient (Wildman–Crippen LogP) is 3.12. The first-order valence-corrected chi connectivity index (χ1v) is 7.66. The summed E-state index contributed by atoms with van der Waals surface area (Å²) < 4.78 is 56.6. The Hall–Kier alpha value is -1.05. The number of hydrogen-bond acceptors (Lipinski definition) is 3. The number of hydrogen-bond donors (Lipinski definition) is 0. The highest BCUT2D eigenvalue weighted by molar-refractivity contribution is 6.62. The molecule has 2 saturated heterocycles. The van der Waals surface area contributed by atoms with Crippen LogP contribution in [0.5, 0.6) is 0 Å². The van der Waals surface area contributed by atoms with Gasteiger partial charge in [0.15, 0.2) is 0 Å². The van der Waals surface area contributed by atoms with Gasteiger partial charge in [0, 0.05) is 5.92 Å². The van der Waals surface area contributed by atoms with E-state index in [-0.39, 0.29) is 11.5 Å². The molecule has 0 aromatic heterocycles. The number of benzene rings is 1. The second-order valence-corrected chi connectivity index (χ2v) is 7.17. The van der Waals surface area contributed by atoms with Crippen molar-refractivity contribution in [2.45, 2.75) is 51.0 Å². The first kappa shape index (κ1) is 16.8. The second-order valence-electron chi connectivity index (χ2n) is 7.17. The van der Waals surface area contributed by atoms with E-state index in [0.29, 0.717) is 18.7 Å². The van der Waals surface area contributed by atoms with Crippen LogP contribution in [0.4, 0.5) is 13.2 Å². The third-order valence-corrected chi connectivity index (χ3v) is 4.98. The zero-order chi connectivity index (χ0) is 17.0. The van der Waals surface area contributed by atoms with E-state index in [9.17, 15) is 13.2 Å². The minimum Gasteiger partial charge on any atom is -0.399 e. The van der Waals surface area contributed by atoms with E-state index in [4.69, 9.17) is 14.0 Å². The molecule has 0 N–H and O–H groups in total. The van der Waals surface area contributed by atoms with E-state index in [2.05, 4.69) is 0 Å². The van der Waals surface area contributed by atoms with Crippen LogP contribution in [0.3, 0.4) is 0 Å². The van der Waals surface area contributed by atoms with Crippen LogP contribution in [0, 0.1) is 0 Å². The number of alkyl halides is 3. The van der Waals surface area contributed by atoms with Gasteiger partial charge in [-0.2, -0.15) is 13.2 Å². The molecule has 2 fully saturated rings. The predicted molar refractivity (Wildman–Crippen MR) is 80.7 cm³/mol. The van der Waals surface area contributed by atoms with E-state index in [1.54, 1.807) is 6.07 Å². The van der Waals surface area contributed by atoms with Gasteiger partial charge in [-0.15, -0.1) is 0 Å². The maximum absolute atomic E-state index is 13.2. The molecule has 0 radical (unpaired) electrons. The molecule has 3 rings (SSSR count). The largest absolute Gasteiger partial charge is 0.494 e. The summed E-state index contributed by atoms with van der Waals surface area (Å²) in [5, 5.41) is 0. The Morgan fingerprint density at radius 3 is 2.04 bits per heavy atom. The normalized spacial score (nSPS) is 23.9. The van der Waals surface area contributed by atoms with Crippen LogP contribution in [0.1, 0.15) is 44.7 Å². The molecule has 0 bridgehead atoms. The van der Waals surface area contributed by atoms with Gasteiger partial charge in [-0.05, 0) is 38.7 Å². The van der Waals surface area contributed by atoms with Crippen molar-refractivity contribution in [3.63, 3.8) is 0 Å². The average Bonchev–Trinajstić information content (AvgIpc) is 2.55. The van der Waals surface area contributed by atoms with Crippen molar-refractivity contribution < 1.29 is 27.2 Å². The molecule has 1 aromatic rings. The maximum Gasteiger partial charge on any atom is 0.494 e. The van der Waals surface area contributed by atoms with Crippen LogP contribution in [0.25, 0.3) is 0 Å². The zero-order valence-electron chi connectivity index (χ0n) is 13.7. The smallest absolute Gasteiger partial charge is 0.399 e. The molecule has 2 aliphatic rings. The van der Waals surface area contributed by atoms with Gasteiger partial charge in [0.1, 0.15) is 0 Å². The van der Waals surface area contributed by atoms with Crippen molar-refractivity contribution in [1.82, 2.24) is 0 Å². The van der Waals surface area contributed by atoms with Gasteiger partial charge < -0.3 is 14.0 Å². The van der Waals surface area contributed by atoms with Crippen molar-refractivity contribution in [2.24, 2.45) is 0 Å². The molecule has 7 heteroatoms. The topological polar surface area (TPSA) is 27.7 Å². The van der Waals surface area contributed by atoms with E-state index >= 15 is 0 Å². The Kier molecular flexibility index (Phi) is 3.82. The molecule has 1 aromatic carbocycles. The van der Waals surface area contributed by atoms with Crippen LogP contribution < -0.4 is 5.46 Å². The molecule has 0 spiro atoms. The molecule has 126 valence electrons. The van der Waals surface area contributed by atoms with Crippen molar-refractivity contribution in [2.75, 3.05) is 13.2 Å². The summed E-state index contributed by atoms with van der Waals surface area (Å²) in [4.78, 5) is 0. The molecule has 0 unspecified atom stereocenters. The summed E-state index contributed by atoms with van der Waals surface area (Å²) in [7, 11) is -0.665. The summed E-state index contributed by atoms with van der Waals surface area (Å²) >= 11 is 0. The van der Waals surface area contributed by atoms with Gasteiger partial charge in [0.05, 0.1) is 30.0 Å². The Balaban J connectivity index is 1.96. The highest BCUT2D eigenvalue weighted by Crippen LogP contribution is 2.39. The standard InChI is InChI=1S/C16H20BF3O3/c1-14(2)15(3,4)23-17(22-14)11-5-6-13(16(18,19)20)12(7-11)10-8-21-9-10/h5-7,10H,8-9H2,1-4H3. The van der Waals surface area contributed by atoms with E-state index < -0.39 is 30.1 Å².